The number of pyridine rings is 1. The minimum Gasteiger partial charge on any atom is -0.492 e. The second-order valence-corrected chi connectivity index (χ2v) is 11.2. The van der Waals surface area contributed by atoms with Gasteiger partial charge in [-0.1, -0.05) is 26.0 Å². The van der Waals surface area contributed by atoms with Crippen molar-refractivity contribution in [2.24, 2.45) is 11.8 Å². The van der Waals surface area contributed by atoms with Gasteiger partial charge in [0, 0.05) is 37.2 Å². The fourth-order valence-electron chi connectivity index (χ4n) is 4.80. The molecule has 8 nitrogen and oxygen atoms in total. The largest absolute Gasteiger partial charge is 0.492 e. The lowest BCUT2D eigenvalue weighted by atomic mass is 9.91. The molecule has 2 aromatic carbocycles. The lowest BCUT2D eigenvalue weighted by molar-refractivity contribution is 0.0621. The number of aromatic nitrogens is 1. The Hall–Kier alpha value is -3.33. The van der Waals surface area contributed by atoms with Gasteiger partial charge >= 0.3 is 0 Å². The molecule has 35 heavy (non-hydrogen) atoms. The number of hydrogen-bond donors (Lipinski definition) is 1. The first-order valence-electron chi connectivity index (χ1n) is 11.8. The SMILES string of the molecule is CCOc1ccccc1N(C)S(=O)(=O)c1ccc2[nH]cc(C(=O)N3C[C@@H](C)C[C@H](C)C3)c(=O)c2c1. The predicted molar refractivity (Wildman–Crippen MR) is 137 cm³/mol. The van der Waals surface area contributed by atoms with E-state index >= 15 is 0 Å². The lowest BCUT2D eigenvalue weighted by Gasteiger charge is -2.34. The number of hydrogen-bond acceptors (Lipinski definition) is 5. The maximum absolute atomic E-state index is 13.5. The van der Waals surface area contributed by atoms with E-state index in [0.29, 0.717) is 48.5 Å². The first-order valence-corrected chi connectivity index (χ1v) is 13.2. The van der Waals surface area contributed by atoms with E-state index in [9.17, 15) is 18.0 Å². The number of nitrogens with zero attached hydrogens (tertiary/aromatic N) is 2. The molecule has 9 heteroatoms. The average Bonchev–Trinajstić information content (AvgIpc) is 2.83. The number of rotatable bonds is 6. The zero-order valence-electron chi connectivity index (χ0n) is 20.4. The normalized spacial score (nSPS) is 18.5. The number of anilines is 1. The quantitative estimate of drug-likeness (QED) is 0.557. The molecular weight excluding hydrogens is 466 g/mol. The summed E-state index contributed by atoms with van der Waals surface area (Å²) < 4.78 is 33.7. The van der Waals surface area contributed by atoms with Crippen LogP contribution in [0.5, 0.6) is 5.75 Å². The van der Waals surface area contributed by atoms with Gasteiger partial charge in [-0.15, -0.1) is 0 Å². The van der Waals surface area contributed by atoms with Crippen LogP contribution < -0.4 is 14.5 Å². The van der Waals surface area contributed by atoms with E-state index in [-0.39, 0.29) is 21.8 Å². The zero-order valence-corrected chi connectivity index (χ0v) is 21.3. The molecule has 0 bridgehead atoms. The highest BCUT2D eigenvalue weighted by atomic mass is 32.2. The number of likely N-dealkylation sites (tertiary alicyclic amines) is 1. The molecule has 0 spiro atoms. The Morgan fingerprint density at radius 2 is 1.83 bits per heavy atom. The lowest BCUT2D eigenvalue weighted by Crippen LogP contribution is -2.44. The summed E-state index contributed by atoms with van der Waals surface area (Å²) in [6.45, 7) is 7.60. The molecular formula is C26H31N3O5S. The zero-order chi connectivity index (χ0) is 25.3. The van der Waals surface area contributed by atoms with Gasteiger partial charge in [0.2, 0.25) is 5.43 Å². The highest BCUT2D eigenvalue weighted by Gasteiger charge is 2.29. The Bertz CT molecular complexity index is 1410. The molecule has 2 heterocycles. The molecule has 1 aliphatic heterocycles. The third-order valence-electron chi connectivity index (χ3n) is 6.40. The van der Waals surface area contributed by atoms with Gasteiger partial charge in [0.05, 0.1) is 17.2 Å². The summed E-state index contributed by atoms with van der Waals surface area (Å²) in [6, 6.07) is 11.2. The van der Waals surface area contributed by atoms with Gasteiger partial charge in [-0.25, -0.2) is 8.42 Å². The Kier molecular flexibility index (Phi) is 6.89. The Morgan fingerprint density at radius 3 is 2.51 bits per heavy atom. The van der Waals surface area contributed by atoms with Gasteiger partial charge < -0.3 is 14.6 Å². The smallest absolute Gasteiger partial charge is 0.264 e. The van der Waals surface area contributed by atoms with E-state index in [4.69, 9.17) is 4.74 Å². The molecule has 0 saturated carbocycles. The Balaban J connectivity index is 1.73. The second kappa shape index (κ2) is 9.73. The van der Waals surface area contributed by atoms with E-state index in [2.05, 4.69) is 18.8 Å². The number of aromatic amines is 1. The van der Waals surface area contributed by atoms with Crippen molar-refractivity contribution in [2.75, 3.05) is 31.0 Å². The molecule has 0 radical (unpaired) electrons. The minimum atomic E-state index is -4.00. The second-order valence-electron chi connectivity index (χ2n) is 9.27. The van der Waals surface area contributed by atoms with Crippen LogP contribution in [0.3, 0.4) is 0 Å². The molecule has 2 atom stereocenters. The number of H-pyrrole nitrogens is 1. The van der Waals surface area contributed by atoms with Crippen molar-refractivity contribution in [3.8, 4) is 5.75 Å². The van der Waals surface area contributed by atoms with Crippen LogP contribution >= 0.6 is 0 Å². The number of piperidine rings is 1. The van der Waals surface area contributed by atoms with Crippen LogP contribution in [0.4, 0.5) is 5.69 Å². The summed E-state index contributed by atoms with van der Waals surface area (Å²) >= 11 is 0. The van der Waals surface area contributed by atoms with Crippen LogP contribution in [-0.4, -0.2) is 51.0 Å². The van der Waals surface area contributed by atoms with Crippen LogP contribution in [0.15, 0.2) is 58.4 Å². The van der Waals surface area contributed by atoms with Crippen molar-refractivity contribution in [3.63, 3.8) is 0 Å². The fraction of sp³-hybridized carbons (Fsp3) is 0.385. The van der Waals surface area contributed by atoms with Gasteiger partial charge in [0.25, 0.3) is 15.9 Å². The van der Waals surface area contributed by atoms with Crippen molar-refractivity contribution in [3.05, 3.63) is 64.4 Å². The van der Waals surface area contributed by atoms with Crippen LogP contribution in [-0.2, 0) is 10.0 Å². The maximum Gasteiger partial charge on any atom is 0.264 e. The number of para-hydroxylation sites is 2. The van der Waals surface area contributed by atoms with Crippen molar-refractivity contribution in [2.45, 2.75) is 32.1 Å². The number of carbonyl (C=O) groups excluding carboxylic acids is 1. The van der Waals surface area contributed by atoms with Crippen molar-refractivity contribution >= 4 is 32.5 Å². The number of fused-ring (bicyclic) bond motifs is 1. The van der Waals surface area contributed by atoms with Gasteiger partial charge in [-0.05, 0) is 55.5 Å². The Labute approximate surface area is 205 Å². The molecule has 1 fully saturated rings. The molecule has 3 aromatic rings. The number of sulfonamides is 1. The Morgan fingerprint density at radius 1 is 1.14 bits per heavy atom. The summed E-state index contributed by atoms with van der Waals surface area (Å²) in [5.74, 6) is 0.823. The van der Waals surface area contributed by atoms with E-state index in [1.807, 2.05) is 6.92 Å². The summed E-state index contributed by atoms with van der Waals surface area (Å²) in [7, 11) is -2.56. The molecule has 0 aliphatic carbocycles. The van der Waals surface area contributed by atoms with E-state index in [1.54, 1.807) is 35.2 Å². The van der Waals surface area contributed by atoms with Crippen LogP contribution in [0.25, 0.3) is 10.9 Å². The topological polar surface area (TPSA) is 99.8 Å². The number of carbonyl (C=O) groups is 1. The molecule has 4 rings (SSSR count). The maximum atomic E-state index is 13.5. The van der Waals surface area contributed by atoms with Crippen molar-refractivity contribution in [1.82, 2.24) is 9.88 Å². The van der Waals surface area contributed by atoms with Crippen LogP contribution in [0, 0.1) is 11.8 Å². The van der Waals surface area contributed by atoms with E-state index in [1.165, 1.54) is 25.4 Å². The summed E-state index contributed by atoms with van der Waals surface area (Å²) in [5, 5.41) is 0.154. The summed E-state index contributed by atoms with van der Waals surface area (Å²) in [5.41, 5.74) is 0.385. The third kappa shape index (κ3) is 4.77. The molecule has 1 N–H and O–H groups in total. The number of amides is 1. The number of ether oxygens (including phenoxy) is 1. The van der Waals surface area contributed by atoms with Gasteiger partial charge in [-0.2, -0.15) is 0 Å². The van der Waals surface area contributed by atoms with E-state index in [0.717, 1.165) is 10.7 Å². The standard InChI is InChI=1S/C26H31N3O5S/c1-5-34-24-9-7-6-8-23(24)28(4)35(32,33)19-10-11-22-20(13-19)25(30)21(14-27-22)26(31)29-15-17(2)12-18(3)16-29/h6-11,13-14,17-18H,5,12,15-16H2,1-4H3,(H,27,30)/t17-,18-/m0/s1. The highest BCUT2D eigenvalue weighted by molar-refractivity contribution is 7.92. The fourth-order valence-corrected chi connectivity index (χ4v) is 6.03. The molecule has 1 saturated heterocycles. The molecule has 1 aromatic heterocycles. The highest BCUT2D eigenvalue weighted by Crippen LogP contribution is 2.31. The summed E-state index contributed by atoms with van der Waals surface area (Å²) in [6.07, 6.45) is 2.47. The van der Waals surface area contributed by atoms with E-state index < -0.39 is 15.5 Å². The minimum absolute atomic E-state index is 0.0170. The number of nitrogens with one attached hydrogen (secondary N) is 1. The molecule has 0 unspecified atom stereocenters. The van der Waals surface area contributed by atoms with Crippen LogP contribution in [0.2, 0.25) is 0 Å². The van der Waals surface area contributed by atoms with Gasteiger partial charge in [-0.3, -0.25) is 13.9 Å². The molecule has 1 aliphatic rings. The van der Waals surface area contributed by atoms with Crippen molar-refractivity contribution in [1.29, 1.82) is 0 Å². The van der Waals surface area contributed by atoms with Gasteiger partial charge in [0.1, 0.15) is 11.3 Å². The summed E-state index contributed by atoms with van der Waals surface area (Å²) in [4.78, 5) is 31.2. The number of benzene rings is 2. The van der Waals surface area contributed by atoms with Crippen molar-refractivity contribution < 1.29 is 17.9 Å². The van der Waals surface area contributed by atoms with Gasteiger partial charge in [0.15, 0.2) is 0 Å². The first kappa shape index (κ1) is 24.8. The molecule has 186 valence electrons. The van der Waals surface area contributed by atoms with Crippen LogP contribution in [0.1, 0.15) is 37.6 Å². The predicted octanol–water partition coefficient (Wildman–Crippen LogP) is 3.87. The first-order chi connectivity index (χ1) is 16.6. The average molecular weight is 498 g/mol. The third-order valence-corrected chi connectivity index (χ3v) is 8.17. The molecule has 1 amide bonds. The monoisotopic (exact) mass is 497 g/mol.